The molecule has 1 aromatic carbocycles. The lowest BCUT2D eigenvalue weighted by Crippen LogP contribution is -2.43. The Balaban J connectivity index is 2.09. The number of carbonyl (C=O) groups is 1. The maximum Gasteiger partial charge on any atom is 0.308 e. The number of ether oxygens (including phenoxy) is 2. The summed E-state index contributed by atoms with van der Waals surface area (Å²) < 4.78 is 10.3. The van der Waals surface area contributed by atoms with Crippen molar-refractivity contribution in [3.05, 3.63) is 35.9 Å². The first-order chi connectivity index (χ1) is 8.31. The number of morpholine rings is 1. The summed E-state index contributed by atoms with van der Waals surface area (Å²) in [5.74, 6) is -0.236. The largest absolute Gasteiger partial charge is 0.469 e. The SMILES string of the molecule is COC(=O)CC1OCCN[C@H]1c1ccccc1. The van der Waals surface area contributed by atoms with Crippen LogP contribution in [-0.2, 0) is 14.3 Å². The first-order valence-electron chi connectivity index (χ1n) is 5.78. The van der Waals surface area contributed by atoms with Gasteiger partial charge in [0.1, 0.15) is 0 Å². The molecule has 0 radical (unpaired) electrons. The van der Waals surface area contributed by atoms with E-state index in [1.54, 1.807) is 0 Å². The second kappa shape index (κ2) is 5.80. The highest BCUT2D eigenvalue weighted by Crippen LogP contribution is 2.24. The highest BCUT2D eigenvalue weighted by molar-refractivity contribution is 5.70. The lowest BCUT2D eigenvalue weighted by atomic mass is 9.98. The van der Waals surface area contributed by atoms with Gasteiger partial charge in [-0.25, -0.2) is 0 Å². The monoisotopic (exact) mass is 235 g/mol. The van der Waals surface area contributed by atoms with Gasteiger partial charge in [0, 0.05) is 6.54 Å². The molecule has 1 heterocycles. The van der Waals surface area contributed by atoms with Crippen molar-refractivity contribution in [2.75, 3.05) is 20.3 Å². The zero-order valence-corrected chi connectivity index (χ0v) is 9.89. The molecule has 0 aromatic heterocycles. The normalized spacial score (nSPS) is 24.3. The van der Waals surface area contributed by atoms with Crippen LogP contribution in [0.4, 0.5) is 0 Å². The Morgan fingerprint density at radius 3 is 2.94 bits per heavy atom. The van der Waals surface area contributed by atoms with Crippen molar-refractivity contribution in [1.29, 1.82) is 0 Å². The maximum atomic E-state index is 11.3. The van der Waals surface area contributed by atoms with Gasteiger partial charge < -0.3 is 14.8 Å². The van der Waals surface area contributed by atoms with Gasteiger partial charge in [0.2, 0.25) is 0 Å². The van der Waals surface area contributed by atoms with E-state index in [9.17, 15) is 4.79 Å². The number of benzene rings is 1. The van der Waals surface area contributed by atoms with Crippen molar-refractivity contribution in [3.63, 3.8) is 0 Å². The van der Waals surface area contributed by atoms with Gasteiger partial charge in [-0.15, -0.1) is 0 Å². The Labute approximate surface area is 101 Å². The highest BCUT2D eigenvalue weighted by atomic mass is 16.5. The number of methoxy groups -OCH3 is 1. The molecule has 0 saturated carbocycles. The second-order valence-electron chi connectivity index (χ2n) is 4.03. The van der Waals surface area contributed by atoms with E-state index in [1.165, 1.54) is 7.11 Å². The summed E-state index contributed by atoms with van der Waals surface area (Å²) in [4.78, 5) is 11.3. The van der Waals surface area contributed by atoms with E-state index in [1.807, 2.05) is 30.3 Å². The highest BCUT2D eigenvalue weighted by Gasteiger charge is 2.29. The fourth-order valence-corrected chi connectivity index (χ4v) is 2.07. The fraction of sp³-hybridized carbons (Fsp3) is 0.462. The first-order valence-corrected chi connectivity index (χ1v) is 5.78. The molecular formula is C13H17NO3. The van der Waals surface area contributed by atoms with Crippen LogP contribution in [0.2, 0.25) is 0 Å². The van der Waals surface area contributed by atoms with Crippen molar-refractivity contribution >= 4 is 5.97 Å². The molecule has 2 rings (SSSR count). The van der Waals surface area contributed by atoms with Crippen molar-refractivity contribution in [2.45, 2.75) is 18.6 Å². The Morgan fingerprint density at radius 2 is 2.24 bits per heavy atom. The van der Waals surface area contributed by atoms with E-state index in [0.717, 1.165) is 12.1 Å². The number of nitrogens with one attached hydrogen (secondary N) is 1. The predicted octanol–water partition coefficient (Wildman–Crippen LogP) is 1.28. The van der Waals surface area contributed by atoms with Gasteiger partial charge in [0.25, 0.3) is 0 Å². The van der Waals surface area contributed by atoms with Crippen LogP contribution in [0.15, 0.2) is 30.3 Å². The maximum absolute atomic E-state index is 11.3. The van der Waals surface area contributed by atoms with Crippen LogP contribution in [-0.4, -0.2) is 32.3 Å². The summed E-state index contributed by atoms with van der Waals surface area (Å²) in [5.41, 5.74) is 1.14. The molecule has 17 heavy (non-hydrogen) atoms. The number of hydrogen-bond donors (Lipinski definition) is 1. The molecule has 0 aliphatic carbocycles. The lowest BCUT2D eigenvalue weighted by Gasteiger charge is -2.32. The van der Waals surface area contributed by atoms with Crippen LogP contribution in [0.5, 0.6) is 0 Å². The Kier molecular flexibility index (Phi) is 4.12. The third-order valence-corrected chi connectivity index (χ3v) is 2.92. The summed E-state index contributed by atoms with van der Waals surface area (Å²) in [6.07, 6.45) is 0.127. The van der Waals surface area contributed by atoms with E-state index in [0.29, 0.717) is 6.61 Å². The molecule has 92 valence electrons. The van der Waals surface area contributed by atoms with Gasteiger partial charge in [0.15, 0.2) is 0 Å². The number of esters is 1. The van der Waals surface area contributed by atoms with Crippen molar-refractivity contribution in [2.24, 2.45) is 0 Å². The average Bonchev–Trinajstić information content (AvgIpc) is 2.40. The minimum Gasteiger partial charge on any atom is -0.469 e. The van der Waals surface area contributed by atoms with Crippen LogP contribution < -0.4 is 5.32 Å². The smallest absolute Gasteiger partial charge is 0.308 e. The van der Waals surface area contributed by atoms with Crippen LogP contribution in [0.1, 0.15) is 18.0 Å². The molecule has 1 unspecified atom stereocenters. The molecule has 1 aliphatic rings. The fourth-order valence-electron chi connectivity index (χ4n) is 2.07. The van der Waals surface area contributed by atoms with E-state index in [-0.39, 0.29) is 24.5 Å². The molecule has 1 fully saturated rings. The average molecular weight is 235 g/mol. The molecule has 4 heteroatoms. The van der Waals surface area contributed by atoms with Crippen LogP contribution in [0.25, 0.3) is 0 Å². The predicted molar refractivity (Wildman–Crippen MR) is 63.6 cm³/mol. The summed E-state index contributed by atoms with van der Waals surface area (Å²) in [5, 5.41) is 3.38. The molecule has 2 atom stereocenters. The zero-order valence-electron chi connectivity index (χ0n) is 9.89. The van der Waals surface area contributed by atoms with E-state index in [4.69, 9.17) is 9.47 Å². The zero-order chi connectivity index (χ0) is 12.1. The molecule has 1 saturated heterocycles. The van der Waals surface area contributed by atoms with Crippen molar-refractivity contribution in [3.8, 4) is 0 Å². The number of rotatable bonds is 3. The van der Waals surface area contributed by atoms with Crippen LogP contribution in [0.3, 0.4) is 0 Å². The van der Waals surface area contributed by atoms with E-state index < -0.39 is 0 Å². The standard InChI is InChI=1S/C13H17NO3/c1-16-12(15)9-11-13(14-7-8-17-11)10-5-3-2-4-6-10/h2-6,11,13-14H,7-9H2,1H3/t11?,13-/m0/s1. The molecule has 0 bridgehead atoms. The van der Waals surface area contributed by atoms with Gasteiger partial charge in [-0.1, -0.05) is 30.3 Å². The van der Waals surface area contributed by atoms with Gasteiger partial charge in [-0.2, -0.15) is 0 Å². The third kappa shape index (κ3) is 3.05. The Bertz CT molecular complexity index is 366. The van der Waals surface area contributed by atoms with Crippen LogP contribution in [0, 0.1) is 0 Å². The third-order valence-electron chi connectivity index (χ3n) is 2.92. The molecule has 4 nitrogen and oxygen atoms in total. The number of hydrogen-bond acceptors (Lipinski definition) is 4. The van der Waals surface area contributed by atoms with Gasteiger partial charge in [-0.3, -0.25) is 4.79 Å². The molecular weight excluding hydrogens is 218 g/mol. The van der Waals surface area contributed by atoms with Gasteiger partial charge >= 0.3 is 5.97 Å². The molecule has 0 amide bonds. The second-order valence-corrected chi connectivity index (χ2v) is 4.03. The molecule has 1 N–H and O–H groups in total. The summed E-state index contributed by atoms with van der Waals surface area (Å²) in [6.45, 7) is 1.43. The minimum atomic E-state index is -0.236. The minimum absolute atomic E-state index is 0.0593. The van der Waals surface area contributed by atoms with Gasteiger partial charge in [-0.05, 0) is 5.56 Å². The Morgan fingerprint density at radius 1 is 1.47 bits per heavy atom. The summed E-state index contributed by atoms with van der Waals surface area (Å²) in [6, 6.07) is 10.1. The van der Waals surface area contributed by atoms with E-state index >= 15 is 0 Å². The summed E-state index contributed by atoms with van der Waals surface area (Å²) in [7, 11) is 1.40. The van der Waals surface area contributed by atoms with Gasteiger partial charge in [0.05, 0.1) is 32.3 Å². The quantitative estimate of drug-likeness (QED) is 0.802. The molecule has 1 aromatic rings. The summed E-state index contributed by atoms with van der Waals surface area (Å²) >= 11 is 0. The molecule has 0 spiro atoms. The Hall–Kier alpha value is -1.39. The number of carbonyl (C=O) groups excluding carboxylic acids is 1. The van der Waals surface area contributed by atoms with Crippen molar-refractivity contribution < 1.29 is 14.3 Å². The van der Waals surface area contributed by atoms with Crippen LogP contribution >= 0.6 is 0 Å². The van der Waals surface area contributed by atoms with E-state index in [2.05, 4.69) is 5.32 Å². The topological polar surface area (TPSA) is 47.6 Å². The first kappa shape index (κ1) is 12.1. The van der Waals surface area contributed by atoms with Crippen molar-refractivity contribution in [1.82, 2.24) is 5.32 Å². The molecule has 1 aliphatic heterocycles. The lowest BCUT2D eigenvalue weighted by molar-refractivity contribution is -0.145.